The van der Waals surface area contributed by atoms with E-state index in [1.54, 1.807) is 38.7 Å². The first-order chi connectivity index (χ1) is 6.80. The molecule has 0 aliphatic heterocycles. The van der Waals surface area contributed by atoms with Crippen molar-refractivity contribution in [1.82, 2.24) is 0 Å². The van der Waals surface area contributed by atoms with Crippen molar-refractivity contribution in [2.75, 3.05) is 14.2 Å². The lowest BCUT2D eigenvalue weighted by Crippen LogP contribution is -1.89. The monoisotopic (exact) mass is 194 g/mol. The van der Waals surface area contributed by atoms with E-state index in [1.807, 2.05) is 13.0 Å². The maximum absolute atomic E-state index is 5.30. The van der Waals surface area contributed by atoms with E-state index in [1.165, 1.54) is 0 Å². The highest BCUT2D eigenvalue weighted by molar-refractivity contribution is 5.42. The summed E-state index contributed by atoms with van der Waals surface area (Å²) in [7, 11) is 3.21. The van der Waals surface area contributed by atoms with Gasteiger partial charge in [-0.25, -0.2) is 0 Å². The van der Waals surface area contributed by atoms with Crippen LogP contribution in [0.15, 0.2) is 30.5 Å². The SMILES string of the molecule is C/C=C\Oc1cc(OC)cc(OC)c1. The van der Waals surface area contributed by atoms with Crippen molar-refractivity contribution < 1.29 is 14.2 Å². The highest BCUT2D eigenvalue weighted by Gasteiger charge is 2.01. The van der Waals surface area contributed by atoms with Gasteiger partial charge in [0.25, 0.3) is 0 Å². The summed E-state index contributed by atoms with van der Waals surface area (Å²) < 4.78 is 15.5. The summed E-state index contributed by atoms with van der Waals surface area (Å²) in [5.74, 6) is 2.12. The highest BCUT2D eigenvalue weighted by atomic mass is 16.5. The largest absolute Gasteiger partial charge is 0.496 e. The zero-order chi connectivity index (χ0) is 10.4. The van der Waals surface area contributed by atoms with Crippen molar-refractivity contribution in [2.24, 2.45) is 0 Å². The molecule has 0 fully saturated rings. The molecule has 3 heteroatoms. The molecular weight excluding hydrogens is 180 g/mol. The maximum Gasteiger partial charge on any atom is 0.133 e. The van der Waals surface area contributed by atoms with Crippen LogP contribution >= 0.6 is 0 Å². The summed E-state index contributed by atoms with van der Waals surface area (Å²) in [6.07, 6.45) is 3.42. The van der Waals surface area contributed by atoms with Crippen molar-refractivity contribution in [1.29, 1.82) is 0 Å². The molecule has 0 spiro atoms. The molecule has 0 unspecified atom stereocenters. The predicted octanol–water partition coefficient (Wildman–Crippen LogP) is 2.62. The summed E-state index contributed by atoms with van der Waals surface area (Å²) in [6.45, 7) is 1.89. The Morgan fingerprint density at radius 3 is 1.86 bits per heavy atom. The normalized spacial score (nSPS) is 10.2. The molecular formula is C11H14O3. The Morgan fingerprint density at radius 1 is 0.929 bits per heavy atom. The number of benzene rings is 1. The lowest BCUT2D eigenvalue weighted by Gasteiger charge is -2.07. The second-order valence-corrected chi connectivity index (χ2v) is 2.64. The molecule has 1 aromatic carbocycles. The van der Waals surface area contributed by atoms with Crippen LogP contribution in [0.5, 0.6) is 17.2 Å². The van der Waals surface area contributed by atoms with Crippen LogP contribution in [0, 0.1) is 0 Å². The third kappa shape index (κ3) is 2.69. The van der Waals surface area contributed by atoms with Gasteiger partial charge in [0.15, 0.2) is 0 Å². The molecule has 0 N–H and O–H groups in total. The molecule has 0 bridgehead atoms. The van der Waals surface area contributed by atoms with Gasteiger partial charge in [-0.3, -0.25) is 0 Å². The van der Waals surface area contributed by atoms with Gasteiger partial charge in [-0.15, -0.1) is 0 Å². The molecule has 0 radical (unpaired) electrons. The molecule has 0 saturated carbocycles. The van der Waals surface area contributed by atoms with Crippen molar-refractivity contribution in [3.05, 3.63) is 30.5 Å². The van der Waals surface area contributed by atoms with Crippen LogP contribution in [0.1, 0.15) is 6.92 Å². The van der Waals surface area contributed by atoms with Gasteiger partial charge in [-0.1, -0.05) is 6.08 Å². The summed E-state index contributed by atoms with van der Waals surface area (Å²) in [4.78, 5) is 0. The van der Waals surface area contributed by atoms with Crippen molar-refractivity contribution in [3.8, 4) is 17.2 Å². The topological polar surface area (TPSA) is 27.7 Å². The van der Waals surface area contributed by atoms with E-state index >= 15 is 0 Å². The molecule has 1 aromatic rings. The van der Waals surface area contributed by atoms with Crippen LogP contribution < -0.4 is 14.2 Å². The number of hydrogen-bond donors (Lipinski definition) is 0. The van der Waals surface area contributed by atoms with Crippen LogP contribution in [-0.4, -0.2) is 14.2 Å². The van der Waals surface area contributed by atoms with Gasteiger partial charge in [0.1, 0.15) is 17.2 Å². The predicted molar refractivity (Wildman–Crippen MR) is 55.0 cm³/mol. The van der Waals surface area contributed by atoms with Gasteiger partial charge in [0.2, 0.25) is 0 Å². The number of hydrogen-bond acceptors (Lipinski definition) is 3. The van der Waals surface area contributed by atoms with E-state index in [9.17, 15) is 0 Å². The Morgan fingerprint density at radius 2 is 1.43 bits per heavy atom. The summed E-state index contributed by atoms with van der Waals surface area (Å²) in [6, 6.07) is 5.38. The Bertz CT molecular complexity index is 296. The summed E-state index contributed by atoms with van der Waals surface area (Å²) in [5, 5.41) is 0. The molecule has 1 rings (SSSR count). The lowest BCUT2D eigenvalue weighted by molar-refractivity contribution is 0.386. The van der Waals surface area contributed by atoms with Gasteiger partial charge < -0.3 is 14.2 Å². The molecule has 0 amide bonds. The standard InChI is InChI=1S/C11H14O3/c1-4-5-14-11-7-9(12-2)6-10(8-11)13-3/h4-8H,1-3H3/b5-4-. The van der Waals surface area contributed by atoms with E-state index in [0.29, 0.717) is 17.2 Å². The fraction of sp³-hybridized carbons (Fsp3) is 0.273. The number of allylic oxidation sites excluding steroid dienone is 1. The molecule has 0 aliphatic carbocycles. The number of methoxy groups -OCH3 is 2. The average molecular weight is 194 g/mol. The number of ether oxygens (including phenoxy) is 3. The van der Waals surface area contributed by atoms with Gasteiger partial charge in [-0.2, -0.15) is 0 Å². The molecule has 0 heterocycles. The average Bonchev–Trinajstić information content (AvgIpc) is 2.25. The van der Waals surface area contributed by atoms with Crippen LogP contribution in [0.2, 0.25) is 0 Å². The van der Waals surface area contributed by atoms with E-state index in [4.69, 9.17) is 14.2 Å². The molecule has 0 aliphatic rings. The van der Waals surface area contributed by atoms with Crippen molar-refractivity contribution in [3.63, 3.8) is 0 Å². The second kappa shape index (κ2) is 5.17. The fourth-order valence-corrected chi connectivity index (χ4v) is 0.996. The molecule has 14 heavy (non-hydrogen) atoms. The Labute approximate surface area is 83.9 Å². The number of rotatable bonds is 4. The van der Waals surface area contributed by atoms with Gasteiger partial charge >= 0.3 is 0 Å². The lowest BCUT2D eigenvalue weighted by atomic mass is 10.3. The Balaban J connectivity index is 2.92. The first kappa shape index (κ1) is 10.4. The van der Waals surface area contributed by atoms with E-state index in [-0.39, 0.29) is 0 Å². The Kier molecular flexibility index (Phi) is 3.85. The fourth-order valence-electron chi connectivity index (χ4n) is 0.996. The van der Waals surface area contributed by atoms with Crippen LogP contribution in [-0.2, 0) is 0 Å². The first-order valence-electron chi connectivity index (χ1n) is 4.31. The van der Waals surface area contributed by atoms with Crippen molar-refractivity contribution in [2.45, 2.75) is 6.92 Å². The summed E-state index contributed by atoms with van der Waals surface area (Å²) >= 11 is 0. The third-order valence-corrected chi connectivity index (χ3v) is 1.67. The van der Waals surface area contributed by atoms with Crippen LogP contribution in [0.4, 0.5) is 0 Å². The van der Waals surface area contributed by atoms with E-state index < -0.39 is 0 Å². The van der Waals surface area contributed by atoms with Crippen molar-refractivity contribution >= 4 is 0 Å². The minimum atomic E-state index is 0.694. The first-order valence-corrected chi connectivity index (χ1v) is 4.31. The van der Waals surface area contributed by atoms with E-state index in [0.717, 1.165) is 0 Å². The highest BCUT2D eigenvalue weighted by Crippen LogP contribution is 2.27. The van der Waals surface area contributed by atoms with Crippen LogP contribution in [0.3, 0.4) is 0 Å². The molecule has 0 atom stereocenters. The molecule has 3 nitrogen and oxygen atoms in total. The van der Waals surface area contributed by atoms with Gasteiger partial charge in [0, 0.05) is 18.2 Å². The van der Waals surface area contributed by atoms with E-state index in [2.05, 4.69) is 0 Å². The summed E-state index contributed by atoms with van der Waals surface area (Å²) in [5.41, 5.74) is 0. The molecule has 0 saturated heterocycles. The smallest absolute Gasteiger partial charge is 0.133 e. The Hall–Kier alpha value is -1.64. The second-order valence-electron chi connectivity index (χ2n) is 2.64. The molecule has 76 valence electrons. The zero-order valence-electron chi connectivity index (χ0n) is 8.61. The molecule has 0 aromatic heterocycles. The van der Waals surface area contributed by atoms with Crippen LogP contribution in [0.25, 0.3) is 0 Å². The zero-order valence-corrected chi connectivity index (χ0v) is 8.61. The maximum atomic E-state index is 5.30. The van der Waals surface area contributed by atoms with Gasteiger partial charge in [0.05, 0.1) is 20.5 Å². The quantitative estimate of drug-likeness (QED) is 0.689. The minimum Gasteiger partial charge on any atom is -0.496 e. The third-order valence-electron chi connectivity index (χ3n) is 1.67. The minimum absolute atomic E-state index is 0.694. The van der Waals surface area contributed by atoms with Gasteiger partial charge in [-0.05, 0) is 6.92 Å².